The van der Waals surface area contributed by atoms with Gasteiger partial charge in [-0.3, -0.25) is 20.4 Å². The summed E-state index contributed by atoms with van der Waals surface area (Å²) in [7, 11) is 0. The standard InChI is InChI=1S/C21H32N4O4/c1-15-10-11-16(2)18(13-15)29-14-20(27)25-24-19(26)9-6-12-22-21(28)23-17-7-4-3-5-8-17/h10-11,13,17H,3-9,12,14H2,1-2H3,(H,24,26)(H,25,27)(H2,22,23,28). The molecule has 160 valence electrons. The predicted octanol–water partition coefficient (Wildman–Crippen LogP) is 2.24. The number of amides is 4. The number of nitrogens with one attached hydrogen (secondary N) is 4. The fraction of sp³-hybridized carbons (Fsp3) is 0.571. The lowest BCUT2D eigenvalue weighted by Crippen LogP contribution is -2.44. The second-order valence-corrected chi connectivity index (χ2v) is 7.49. The molecule has 4 N–H and O–H groups in total. The smallest absolute Gasteiger partial charge is 0.315 e. The van der Waals surface area contributed by atoms with Crippen molar-refractivity contribution in [2.75, 3.05) is 13.2 Å². The molecule has 1 aliphatic rings. The topological polar surface area (TPSA) is 109 Å². The summed E-state index contributed by atoms with van der Waals surface area (Å²) in [6, 6.07) is 5.82. The number of aryl methyl sites for hydroxylation is 2. The van der Waals surface area contributed by atoms with Crippen molar-refractivity contribution in [2.24, 2.45) is 0 Å². The van der Waals surface area contributed by atoms with E-state index >= 15 is 0 Å². The number of carbonyl (C=O) groups is 3. The van der Waals surface area contributed by atoms with E-state index in [-0.39, 0.29) is 31.0 Å². The summed E-state index contributed by atoms with van der Waals surface area (Å²) in [6.45, 7) is 4.06. The average molecular weight is 405 g/mol. The Balaban J connectivity index is 1.53. The molecule has 0 unspecified atom stereocenters. The van der Waals surface area contributed by atoms with Crippen LogP contribution in [0.25, 0.3) is 0 Å². The van der Waals surface area contributed by atoms with Crippen molar-refractivity contribution in [2.45, 2.75) is 64.8 Å². The van der Waals surface area contributed by atoms with E-state index in [1.807, 2.05) is 32.0 Å². The monoisotopic (exact) mass is 404 g/mol. The van der Waals surface area contributed by atoms with Gasteiger partial charge < -0.3 is 15.4 Å². The third kappa shape index (κ3) is 8.85. The highest BCUT2D eigenvalue weighted by Crippen LogP contribution is 2.19. The molecule has 29 heavy (non-hydrogen) atoms. The van der Waals surface area contributed by atoms with Crippen LogP contribution in [0.2, 0.25) is 0 Å². The van der Waals surface area contributed by atoms with Gasteiger partial charge in [-0.1, -0.05) is 31.4 Å². The number of ether oxygens (including phenoxy) is 1. The Morgan fingerprint density at radius 3 is 2.52 bits per heavy atom. The van der Waals surface area contributed by atoms with Crippen LogP contribution < -0.4 is 26.2 Å². The largest absolute Gasteiger partial charge is 0.483 e. The van der Waals surface area contributed by atoms with Gasteiger partial charge in [-0.25, -0.2) is 4.79 Å². The van der Waals surface area contributed by atoms with E-state index in [1.165, 1.54) is 6.42 Å². The molecule has 1 aliphatic carbocycles. The highest BCUT2D eigenvalue weighted by atomic mass is 16.5. The molecule has 0 spiro atoms. The SMILES string of the molecule is Cc1ccc(C)c(OCC(=O)NNC(=O)CCCNC(=O)NC2CCCCC2)c1. The lowest BCUT2D eigenvalue weighted by atomic mass is 9.96. The first kappa shape index (κ1) is 22.5. The van der Waals surface area contributed by atoms with Gasteiger partial charge in [0.2, 0.25) is 5.91 Å². The molecule has 0 aromatic heterocycles. The summed E-state index contributed by atoms with van der Waals surface area (Å²) < 4.78 is 5.48. The quantitative estimate of drug-likeness (QED) is 0.394. The summed E-state index contributed by atoms with van der Waals surface area (Å²) in [5, 5.41) is 5.72. The number of hydrogen-bond acceptors (Lipinski definition) is 4. The van der Waals surface area contributed by atoms with E-state index in [2.05, 4.69) is 21.5 Å². The maximum atomic E-state index is 11.8. The number of benzene rings is 1. The average Bonchev–Trinajstić information content (AvgIpc) is 2.71. The summed E-state index contributed by atoms with van der Waals surface area (Å²) in [5.41, 5.74) is 6.66. The molecule has 1 aromatic carbocycles. The summed E-state index contributed by atoms with van der Waals surface area (Å²) >= 11 is 0. The zero-order chi connectivity index (χ0) is 21.1. The van der Waals surface area contributed by atoms with Crippen LogP contribution >= 0.6 is 0 Å². The van der Waals surface area contributed by atoms with E-state index in [0.717, 1.165) is 36.8 Å². The minimum absolute atomic E-state index is 0.186. The minimum atomic E-state index is -0.441. The molecule has 1 aromatic rings. The molecule has 0 radical (unpaired) electrons. The first-order valence-corrected chi connectivity index (χ1v) is 10.3. The normalized spacial score (nSPS) is 14.0. The molecule has 8 heteroatoms. The molecular weight excluding hydrogens is 372 g/mol. The molecule has 0 atom stereocenters. The zero-order valence-corrected chi connectivity index (χ0v) is 17.3. The Bertz CT molecular complexity index is 702. The molecule has 2 rings (SSSR count). The van der Waals surface area contributed by atoms with E-state index in [4.69, 9.17) is 4.74 Å². The lowest BCUT2D eigenvalue weighted by molar-refractivity contribution is -0.130. The third-order valence-corrected chi connectivity index (χ3v) is 4.85. The van der Waals surface area contributed by atoms with Gasteiger partial charge >= 0.3 is 6.03 Å². The molecule has 8 nitrogen and oxygen atoms in total. The molecule has 0 aliphatic heterocycles. The van der Waals surface area contributed by atoms with Gasteiger partial charge in [-0.15, -0.1) is 0 Å². The highest BCUT2D eigenvalue weighted by Gasteiger charge is 2.15. The van der Waals surface area contributed by atoms with Crippen molar-refractivity contribution in [1.29, 1.82) is 0 Å². The molecule has 1 saturated carbocycles. The first-order chi connectivity index (χ1) is 13.9. The fourth-order valence-corrected chi connectivity index (χ4v) is 3.18. The van der Waals surface area contributed by atoms with Crippen molar-refractivity contribution >= 4 is 17.8 Å². The van der Waals surface area contributed by atoms with Gasteiger partial charge in [-0.05, 0) is 50.3 Å². The van der Waals surface area contributed by atoms with Crippen LogP contribution in [0.4, 0.5) is 4.79 Å². The van der Waals surface area contributed by atoms with Crippen molar-refractivity contribution in [3.05, 3.63) is 29.3 Å². The van der Waals surface area contributed by atoms with Gasteiger partial charge in [0.15, 0.2) is 6.61 Å². The Morgan fingerprint density at radius 2 is 1.76 bits per heavy atom. The maximum Gasteiger partial charge on any atom is 0.315 e. The van der Waals surface area contributed by atoms with Gasteiger partial charge in [-0.2, -0.15) is 0 Å². The minimum Gasteiger partial charge on any atom is -0.483 e. The molecule has 1 fully saturated rings. The van der Waals surface area contributed by atoms with Crippen LogP contribution in [0.3, 0.4) is 0 Å². The fourth-order valence-electron chi connectivity index (χ4n) is 3.18. The number of hydrogen-bond donors (Lipinski definition) is 4. The highest BCUT2D eigenvalue weighted by molar-refractivity contribution is 5.82. The summed E-state index contributed by atoms with van der Waals surface area (Å²) in [5.74, 6) is -0.118. The number of urea groups is 1. The predicted molar refractivity (Wildman–Crippen MR) is 110 cm³/mol. The van der Waals surface area contributed by atoms with Crippen LogP contribution in [0, 0.1) is 13.8 Å². The van der Waals surface area contributed by atoms with Crippen molar-refractivity contribution in [3.8, 4) is 5.75 Å². The number of hydrazine groups is 1. The lowest BCUT2D eigenvalue weighted by Gasteiger charge is -2.22. The van der Waals surface area contributed by atoms with Crippen LogP contribution in [-0.4, -0.2) is 37.0 Å². The van der Waals surface area contributed by atoms with E-state index in [9.17, 15) is 14.4 Å². The Morgan fingerprint density at radius 1 is 1.03 bits per heavy atom. The summed E-state index contributed by atoms with van der Waals surface area (Å²) in [6.07, 6.45) is 6.30. The first-order valence-electron chi connectivity index (χ1n) is 10.3. The second-order valence-electron chi connectivity index (χ2n) is 7.49. The van der Waals surface area contributed by atoms with Gasteiger partial charge in [0.05, 0.1) is 0 Å². The number of rotatable bonds is 8. The van der Waals surface area contributed by atoms with E-state index < -0.39 is 5.91 Å². The Kier molecular flexibility index (Phi) is 9.27. The summed E-state index contributed by atoms with van der Waals surface area (Å²) in [4.78, 5) is 35.4. The van der Waals surface area contributed by atoms with E-state index in [0.29, 0.717) is 18.7 Å². The van der Waals surface area contributed by atoms with Crippen LogP contribution in [0.1, 0.15) is 56.1 Å². The van der Waals surface area contributed by atoms with Crippen molar-refractivity contribution in [3.63, 3.8) is 0 Å². The van der Waals surface area contributed by atoms with Crippen LogP contribution in [0.5, 0.6) is 5.75 Å². The Labute approximate surface area is 172 Å². The zero-order valence-electron chi connectivity index (χ0n) is 17.3. The molecule has 4 amide bonds. The Hall–Kier alpha value is -2.77. The molecule has 0 heterocycles. The van der Waals surface area contributed by atoms with Crippen molar-refractivity contribution in [1.82, 2.24) is 21.5 Å². The second kappa shape index (κ2) is 11.9. The van der Waals surface area contributed by atoms with Gasteiger partial charge in [0, 0.05) is 19.0 Å². The van der Waals surface area contributed by atoms with Crippen LogP contribution in [0.15, 0.2) is 18.2 Å². The molecular formula is C21H32N4O4. The maximum absolute atomic E-state index is 11.8. The molecule has 0 saturated heterocycles. The third-order valence-electron chi connectivity index (χ3n) is 4.85. The molecule has 0 bridgehead atoms. The van der Waals surface area contributed by atoms with E-state index in [1.54, 1.807) is 0 Å². The van der Waals surface area contributed by atoms with Gasteiger partial charge in [0.1, 0.15) is 5.75 Å². The number of carbonyl (C=O) groups excluding carboxylic acids is 3. The van der Waals surface area contributed by atoms with Gasteiger partial charge in [0.25, 0.3) is 5.91 Å². The van der Waals surface area contributed by atoms with Crippen LogP contribution in [-0.2, 0) is 9.59 Å². The van der Waals surface area contributed by atoms with Crippen molar-refractivity contribution < 1.29 is 19.1 Å².